The van der Waals surface area contributed by atoms with E-state index in [9.17, 15) is 8.42 Å². The standard InChI is InChI=1S/C15H29N3O2S/c1-4-6-7-8-9-10-11-12-16-21(19,20)15-13-18(5-2)17-14(15)3/h13,16H,4-12H2,1-3H3. The summed E-state index contributed by atoms with van der Waals surface area (Å²) in [4.78, 5) is 0.298. The largest absolute Gasteiger partial charge is 0.271 e. The van der Waals surface area contributed by atoms with Crippen LogP contribution in [0.3, 0.4) is 0 Å². The Morgan fingerprint density at radius 2 is 1.71 bits per heavy atom. The van der Waals surface area contributed by atoms with Crippen LogP contribution in [0, 0.1) is 6.92 Å². The molecule has 1 rings (SSSR count). The van der Waals surface area contributed by atoms with Gasteiger partial charge in [0.15, 0.2) is 0 Å². The lowest BCUT2D eigenvalue weighted by molar-refractivity contribution is 0.563. The quantitative estimate of drug-likeness (QED) is 0.638. The molecule has 1 N–H and O–H groups in total. The number of aromatic nitrogens is 2. The molecule has 0 unspecified atom stereocenters. The number of hydrogen-bond donors (Lipinski definition) is 1. The van der Waals surface area contributed by atoms with Gasteiger partial charge in [-0.15, -0.1) is 0 Å². The van der Waals surface area contributed by atoms with Crippen molar-refractivity contribution in [2.24, 2.45) is 0 Å². The number of rotatable bonds is 11. The normalized spacial score (nSPS) is 12.0. The van der Waals surface area contributed by atoms with Crippen LogP contribution in [0.25, 0.3) is 0 Å². The molecule has 122 valence electrons. The third-order valence-electron chi connectivity index (χ3n) is 3.59. The molecule has 0 aliphatic rings. The average Bonchev–Trinajstić information content (AvgIpc) is 2.84. The molecule has 0 saturated carbocycles. The summed E-state index contributed by atoms with van der Waals surface area (Å²) in [5, 5.41) is 4.18. The van der Waals surface area contributed by atoms with Crippen molar-refractivity contribution in [1.29, 1.82) is 0 Å². The van der Waals surface area contributed by atoms with Gasteiger partial charge in [-0.05, 0) is 20.3 Å². The minimum Gasteiger partial charge on any atom is -0.271 e. The summed E-state index contributed by atoms with van der Waals surface area (Å²) >= 11 is 0. The van der Waals surface area contributed by atoms with E-state index in [1.807, 2.05) is 6.92 Å². The molecule has 0 radical (unpaired) electrons. The van der Waals surface area contributed by atoms with Crippen LogP contribution in [0.5, 0.6) is 0 Å². The lowest BCUT2D eigenvalue weighted by atomic mass is 10.1. The highest BCUT2D eigenvalue weighted by molar-refractivity contribution is 7.89. The first-order valence-corrected chi connectivity index (χ1v) is 9.53. The van der Waals surface area contributed by atoms with E-state index in [4.69, 9.17) is 0 Å². The lowest BCUT2D eigenvalue weighted by Crippen LogP contribution is -2.25. The molecule has 1 heterocycles. The van der Waals surface area contributed by atoms with E-state index in [1.54, 1.807) is 17.8 Å². The van der Waals surface area contributed by atoms with E-state index in [1.165, 1.54) is 32.1 Å². The van der Waals surface area contributed by atoms with Crippen LogP contribution in [0.2, 0.25) is 0 Å². The molecule has 1 aromatic rings. The maximum Gasteiger partial charge on any atom is 0.243 e. The molecule has 21 heavy (non-hydrogen) atoms. The molecule has 0 saturated heterocycles. The summed E-state index contributed by atoms with van der Waals surface area (Å²) in [5.74, 6) is 0. The SMILES string of the molecule is CCCCCCCCCNS(=O)(=O)c1cn(CC)nc1C. The molecule has 1 aromatic heterocycles. The van der Waals surface area contributed by atoms with E-state index in [0.717, 1.165) is 12.8 Å². The zero-order valence-corrected chi connectivity index (χ0v) is 14.4. The number of sulfonamides is 1. The monoisotopic (exact) mass is 315 g/mol. The van der Waals surface area contributed by atoms with E-state index in [0.29, 0.717) is 23.7 Å². The number of unbranched alkanes of at least 4 members (excludes halogenated alkanes) is 6. The maximum atomic E-state index is 12.2. The number of aryl methyl sites for hydroxylation is 2. The summed E-state index contributed by atoms with van der Waals surface area (Å²) in [5.41, 5.74) is 0.559. The molecular formula is C15H29N3O2S. The van der Waals surface area contributed by atoms with Crippen molar-refractivity contribution in [3.05, 3.63) is 11.9 Å². The van der Waals surface area contributed by atoms with Crippen LogP contribution >= 0.6 is 0 Å². The zero-order chi connectivity index (χ0) is 15.7. The molecule has 0 spiro atoms. The molecular weight excluding hydrogens is 286 g/mol. The van der Waals surface area contributed by atoms with Gasteiger partial charge >= 0.3 is 0 Å². The van der Waals surface area contributed by atoms with Gasteiger partial charge in [-0.25, -0.2) is 13.1 Å². The summed E-state index contributed by atoms with van der Waals surface area (Å²) < 4.78 is 28.7. The molecule has 0 bridgehead atoms. The molecule has 0 aromatic carbocycles. The molecule has 0 aliphatic carbocycles. The molecule has 6 heteroatoms. The Kier molecular flexibility index (Phi) is 7.96. The van der Waals surface area contributed by atoms with Crippen LogP contribution in [0.1, 0.15) is 64.5 Å². The highest BCUT2D eigenvalue weighted by Gasteiger charge is 2.19. The van der Waals surface area contributed by atoms with E-state index >= 15 is 0 Å². The maximum absolute atomic E-state index is 12.2. The summed E-state index contributed by atoms with van der Waals surface area (Å²) in [6, 6.07) is 0. The fraction of sp³-hybridized carbons (Fsp3) is 0.800. The van der Waals surface area contributed by atoms with Crippen molar-refractivity contribution in [2.45, 2.75) is 77.2 Å². The Balaban J connectivity index is 2.31. The predicted molar refractivity (Wildman–Crippen MR) is 85.8 cm³/mol. The van der Waals surface area contributed by atoms with Crippen LogP contribution in [-0.4, -0.2) is 24.7 Å². The second-order valence-electron chi connectivity index (χ2n) is 5.45. The number of hydrogen-bond acceptors (Lipinski definition) is 3. The van der Waals surface area contributed by atoms with Gasteiger partial charge in [-0.2, -0.15) is 5.10 Å². The molecule has 0 aliphatic heterocycles. The van der Waals surface area contributed by atoms with Gasteiger partial charge in [-0.3, -0.25) is 4.68 Å². The van der Waals surface area contributed by atoms with Gasteiger partial charge in [0.25, 0.3) is 0 Å². The topological polar surface area (TPSA) is 64.0 Å². The van der Waals surface area contributed by atoms with Crippen LogP contribution < -0.4 is 4.72 Å². The summed E-state index contributed by atoms with van der Waals surface area (Å²) in [6.07, 6.45) is 9.86. The van der Waals surface area contributed by atoms with Gasteiger partial charge in [0.2, 0.25) is 10.0 Å². The van der Waals surface area contributed by atoms with Crippen LogP contribution in [-0.2, 0) is 16.6 Å². The van der Waals surface area contributed by atoms with E-state index < -0.39 is 10.0 Å². The predicted octanol–water partition coefficient (Wildman–Crippen LogP) is 3.24. The Bertz CT molecular complexity index is 509. The second-order valence-corrected chi connectivity index (χ2v) is 7.19. The van der Waals surface area contributed by atoms with Crippen LogP contribution in [0.15, 0.2) is 11.1 Å². The lowest BCUT2D eigenvalue weighted by Gasteiger charge is -2.05. The zero-order valence-electron chi connectivity index (χ0n) is 13.6. The number of nitrogens with zero attached hydrogens (tertiary/aromatic N) is 2. The van der Waals surface area contributed by atoms with Gasteiger partial charge in [0, 0.05) is 19.3 Å². The minimum absolute atomic E-state index is 0.298. The second kappa shape index (κ2) is 9.20. The van der Waals surface area contributed by atoms with Gasteiger partial charge in [0.05, 0.1) is 5.69 Å². The summed E-state index contributed by atoms with van der Waals surface area (Å²) in [6.45, 7) is 7.06. The Morgan fingerprint density at radius 3 is 2.29 bits per heavy atom. The van der Waals surface area contributed by atoms with Gasteiger partial charge in [-0.1, -0.05) is 45.4 Å². The molecule has 0 atom stereocenters. The van der Waals surface area contributed by atoms with Crippen molar-refractivity contribution >= 4 is 10.0 Å². The Morgan fingerprint density at radius 1 is 1.10 bits per heavy atom. The number of nitrogens with one attached hydrogen (secondary N) is 1. The minimum atomic E-state index is -3.41. The van der Waals surface area contributed by atoms with Crippen molar-refractivity contribution in [1.82, 2.24) is 14.5 Å². The fourth-order valence-corrected chi connectivity index (χ4v) is 3.55. The third kappa shape index (κ3) is 6.18. The van der Waals surface area contributed by atoms with Crippen molar-refractivity contribution in [2.75, 3.05) is 6.54 Å². The molecule has 5 nitrogen and oxygen atoms in total. The first-order valence-electron chi connectivity index (χ1n) is 8.05. The fourth-order valence-electron chi connectivity index (χ4n) is 2.29. The van der Waals surface area contributed by atoms with E-state index in [2.05, 4.69) is 16.7 Å². The van der Waals surface area contributed by atoms with Crippen molar-refractivity contribution in [3.63, 3.8) is 0 Å². The third-order valence-corrected chi connectivity index (χ3v) is 5.15. The summed E-state index contributed by atoms with van der Waals surface area (Å²) in [7, 11) is -3.41. The first-order chi connectivity index (χ1) is 10.0. The Hall–Kier alpha value is -0.880. The average molecular weight is 315 g/mol. The smallest absolute Gasteiger partial charge is 0.243 e. The molecule has 0 amide bonds. The van der Waals surface area contributed by atoms with Crippen LogP contribution in [0.4, 0.5) is 0 Å². The van der Waals surface area contributed by atoms with Gasteiger partial charge < -0.3 is 0 Å². The van der Waals surface area contributed by atoms with Crippen molar-refractivity contribution < 1.29 is 8.42 Å². The van der Waals surface area contributed by atoms with E-state index in [-0.39, 0.29) is 0 Å². The van der Waals surface area contributed by atoms with Gasteiger partial charge in [0.1, 0.15) is 4.90 Å². The Labute approximate surface area is 129 Å². The highest BCUT2D eigenvalue weighted by atomic mass is 32.2. The highest BCUT2D eigenvalue weighted by Crippen LogP contribution is 2.13. The first kappa shape index (κ1) is 18.2. The van der Waals surface area contributed by atoms with Crippen molar-refractivity contribution in [3.8, 4) is 0 Å². The molecule has 0 fully saturated rings.